The van der Waals surface area contributed by atoms with E-state index in [1.54, 1.807) is 0 Å². The first-order chi connectivity index (χ1) is 11.1. The molecule has 0 aromatic rings. The van der Waals surface area contributed by atoms with Crippen LogP contribution in [0.2, 0.25) is 22.2 Å². The highest BCUT2D eigenvalue weighted by Gasteiger charge is 2.57. The van der Waals surface area contributed by atoms with Gasteiger partial charge in [-0.15, -0.1) is 0 Å². The molecule has 0 aliphatic carbocycles. The first-order valence-electron chi connectivity index (χ1n) is 9.71. The van der Waals surface area contributed by atoms with Gasteiger partial charge in [0.15, 0.2) is 0 Å². The molecule has 0 spiro atoms. The van der Waals surface area contributed by atoms with Crippen LogP contribution in [0.4, 0.5) is 0 Å². The van der Waals surface area contributed by atoms with Crippen molar-refractivity contribution in [3.05, 3.63) is 0 Å². The molecule has 3 nitrogen and oxygen atoms in total. The molecule has 0 aliphatic rings. The highest BCUT2D eigenvalue weighted by atomic mass is 28.4. The molecule has 0 N–H and O–H groups in total. The molecular weight excluding hydrogens is 344 g/mol. The van der Waals surface area contributed by atoms with Crippen LogP contribution in [0.25, 0.3) is 0 Å². The minimum Gasteiger partial charge on any atom is -0.518 e. The molecule has 0 rings (SSSR count). The molecule has 1 unspecified atom stereocenters. The minimum atomic E-state index is -2.31. The third kappa shape index (κ3) is 7.55. The third-order valence-electron chi connectivity index (χ3n) is 4.75. The fourth-order valence-corrected chi connectivity index (χ4v) is 10.2. The Labute approximate surface area is 160 Å². The second-order valence-corrected chi connectivity index (χ2v) is 16.6. The number of hydrogen-bond donors (Lipinski definition) is 0. The highest BCUT2D eigenvalue weighted by molar-refractivity contribution is 6.80. The van der Waals surface area contributed by atoms with Crippen LogP contribution in [0, 0.1) is 5.92 Å². The summed E-state index contributed by atoms with van der Waals surface area (Å²) in [5.41, 5.74) is -0.154. The molecule has 2 radical (unpaired) electrons. The monoisotopic (exact) mass is 386 g/mol. The first kappa shape index (κ1) is 24.9. The Balaban J connectivity index is 5.27. The minimum absolute atomic E-state index is 0.0139. The Morgan fingerprint density at radius 3 is 1.84 bits per heavy atom. The average Bonchev–Trinajstić information content (AvgIpc) is 2.38. The quantitative estimate of drug-likeness (QED) is 0.455. The molecule has 148 valence electrons. The molecule has 0 aliphatic heterocycles. The van der Waals surface area contributed by atoms with Crippen LogP contribution in [-0.4, -0.2) is 29.7 Å². The van der Waals surface area contributed by atoms with Gasteiger partial charge in [-0.25, -0.2) is 0 Å². The SMILES string of the molecule is CCCC[Si](OC(=O)C(C)C[Si]OC(C)(C)C)(C(C)(C)C)C(C)(C)C. The maximum absolute atomic E-state index is 12.9. The largest absolute Gasteiger partial charge is 0.518 e. The van der Waals surface area contributed by atoms with Gasteiger partial charge in [-0.3, -0.25) is 4.79 Å². The van der Waals surface area contributed by atoms with Crippen molar-refractivity contribution in [3.8, 4) is 0 Å². The van der Waals surface area contributed by atoms with Gasteiger partial charge in [-0.05, 0) is 42.9 Å². The molecule has 0 amide bonds. The van der Waals surface area contributed by atoms with E-state index in [1.807, 2.05) is 27.7 Å². The average molecular weight is 387 g/mol. The van der Waals surface area contributed by atoms with E-state index in [1.165, 1.54) is 0 Å². The summed E-state index contributed by atoms with van der Waals surface area (Å²) in [4.78, 5) is 12.9. The van der Waals surface area contributed by atoms with E-state index in [2.05, 4.69) is 48.5 Å². The van der Waals surface area contributed by atoms with Crippen molar-refractivity contribution in [1.82, 2.24) is 0 Å². The number of hydrogen-bond acceptors (Lipinski definition) is 3. The Hall–Kier alpha value is -0.136. The predicted molar refractivity (Wildman–Crippen MR) is 112 cm³/mol. The van der Waals surface area contributed by atoms with Gasteiger partial charge in [0.25, 0.3) is 14.3 Å². The van der Waals surface area contributed by atoms with Crippen molar-refractivity contribution in [2.24, 2.45) is 5.92 Å². The zero-order chi connectivity index (χ0) is 20.1. The highest BCUT2D eigenvalue weighted by Crippen LogP contribution is 2.54. The molecule has 1 atom stereocenters. The molecule has 0 fully saturated rings. The van der Waals surface area contributed by atoms with Gasteiger partial charge >= 0.3 is 0 Å². The van der Waals surface area contributed by atoms with Crippen molar-refractivity contribution in [2.45, 2.75) is 117 Å². The van der Waals surface area contributed by atoms with E-state index in [0.29, 0.717) is 9.76 Å². The summed E-state index contributed by atoms with van der Waals surface area (Å²) in [5, 5.41) is 0.0278. The summed E-state index contributed by atoms with van der Waals surface area (Å²) < 4.78 is 12.3. The number of carbonyl (C=O) groups excluding carboxylic acids is 1. The van der Waals surface area contributed by atoms with E-state index >= 15 is 0 Å². The topological polar surface area (TPSA) is 35.5 Å². The lowest BCUT2D eigenvalue weighted by Crippen LogP contribution is -2.56. The molecule has 0 bridgehead atoms. The maximum Gasteiger partial charge on any atom is 0.295 e. The summed E-state index contributed by atoms with van der Waals surface area (Å²) in [6, 6.07) is 1.78. The van der Waals surface area contributed by atoms with Crippen molar-refractivity contribution in [3.63, 3.8) is 0 Å². The van der Waals surface area contributed by atoms with Crippen LogP contribution >= 0.6 is 0 Å². The molecule has 25 heavy (non-hydrogen) atoms. The molecule has 5 heteroatoms. The molecule has 0 aromatic carbocycles. The van der Waals surface area contributed by atoms with Crippen molar-refractivity contribution in [2.75, 3.05) is 0 Å². The van der Waals surface area contributed by atoms with Gasteiger partial charge < -0.3 is 8.85 Å². The lowest BCUT2D eigenvalue weighted by Gasteiger charge is -2.50. The zero-order valence-electron chi connectivity index (χ0n) is 18.6. The molecule has 0 saturated carbocycles. The summed E-state index contributed by atoms with van der Waals surface area (Å²) in [5.74, 6) is -0.142. The van der Waals surface area contributed by atoms with Crippen molar-refractivity contribution < 1.29 is 13.6 Å². The third-order valence-corrected chi connectivity index (χ3v) is 12.7. The predicted octanol–water partition coefficient (Wildman–Crippen LogP) is 6.36. The van der Waals surface area contributed by atoms with E-state index < -0.39 is 8.32 Å². The smallest absolute Gasteiger partial charge is 0.295 e. The number of unbranched alkanes of at least 4 members (excludes halogenated alkanes) is 1. The van der Waals surface area contributed by atoms with E-state index in [0.717, 1.165) is 24.9 Å². The first-order valence-corrected chi connectivity index (χ1v) is 12.9. The van der Waals surface area contributed by atoms with Crippen molar-refractivity contribution in [1.29, 1.82) is 0 Å². The van der Waals surface area contributed by atoms with Crippen LogP contribution in [0.5, 0.6) is 0 Å². The standard InChI is InChI=1S/C20H42O3Si2/c1-12-13-14-25(19(6,7)8,20(9,10)11)22-17(21)16(2)15-24-23-18(3,4)5/h16H,12-15H2,1-11H3. The van der Waals surface area contributed by atoms with E-state index in [9.17, 15) is 4.79 Å². The number of carbonyl (C=O) groups is 1. The summed E-state index contributed by atoms with van der Waals surface area (Å²) in [6.45, 7) is 23.8. The fourth-order valence-electron chi connectivity index (χ4n) is 3.40. The van der Waals surface area contributed by atoms with Crippen LogP contribution in [0.15, 0.2) is 0 Å². The van der Waals surface area contributed by atoms with Gasteiger partial charge in [0, 0.05) is 5.60 Å². The van der Waals surface area contributed by atoms with Gasteiger partial charge in [-0.2, -0.15) is 0 Å². The number of rotatable bonds is 8. The second kappa shape index (κ2) is 9.18. The zero-order valence-corrected chi connectivity index (χ0v) is 20.6. The van der Waals surface area contributed by atoms with Crippen LogP contribution in [0.1, 0.15) is 89.0 Å². The molecule has 0 aromatic heterocycles. The Morgan fingerprint density at radius 1 is 1.00 bits per heavy atom. The second-order valence-electron chi connectivity index (χ2n) is 10.3. The van der Waals surface area contributed by atoms with Gasteiger partial charge in [0.2, 0.25) is 9.76 Å². The Kier molecular flexibility index (Phi) is 9.13. The normalized spacial score (nSPS) is 15.2. The maximum atomic E-state index is 12.9. The lowest BCUT2D eigenvalue weighted by molar-refractivity contribution is -0.139. The summed E-state index contributed by atoms with van der Waals surface area (Å²) >= 11 is 0. The van der Waals surface area contributed by atoms with Gasteiger partial charge in [0.1, 0.15) is 0 Å². The molecular formula is C20H42O3Si2. The van der Waals surface area contributed by atoms with Gasteiger partial charge in [0.05, 0.1) is 5.92 Å². The van der Waals surface area contributed by atoms with Crippen LogP contribution in [-0.2, 0) is 13.6 Å². The van der Waals surface area contributed by atoms with E-state index in [4.69, 9.17) is 8.85 Å². The summed E-state index contributed by atoms with van der Waals surface area (Å²) in [6.07, 6.45) is 2.26. The fraction of sp³-hybridized carbons (Fsp3) is 0.950. The lowest BCUT2D eigenvalue weighted by atomic mass is 10.2. The molecule has 0 saturated heterocycles. The summed E-state index contributed by atoms with van der Waals surface area (Å²) in [7, 11) is -1.98. The Bertz CT molecular complexity index is 400. The van der Waals surface area contributed by atoms with Gasteiger partial charge in [-0.1, -0.05) is 68.2 Å². The molecule has 0 heterocycles. The van der Waals surface area contributed by atoms with Crippen molar-refractivity contribution >= 4 is 24.0 Å². The van der Waals surface area contributed by atoms with E-state index in [-0.39, 0.29) is 27.6 Å². The van der Waals surface area contributed by atoms with Crippen LogP contribution in [0.3, 0.4) is 0 Å². The Morgan fingerprint density at radius 2 is 1.48 bits per heavy atom. The van der Waals surface area contributed by atoms with Crippen LogP contribution < -0.4 is 0 Å².